The van der Waals surface area contributed by atoms with Gasteiger partial charge in [-0.15, -0.1) is 0 Å². The fourth-order valence-electron chi connectivity index (χ4n) is 2.60. The molecule has 2 aromatic rings. The lowest BCUT2D eigenvalue weighted by Crippen LogP contribution is -2.35. The molecule has 0 radical (unpaired) electrons. The molecule has 0 heterocycles. The molecule has 1 amide bonds. The van der Waals surface area contributed by atoms with E-state index in [1.165, 1.54) is 4.90 Å². The first-order valence-corrected chi connectivity index (χ1v) is 10.6. The Balaban J connectivity index is 2.22. The molecule has 2 rings (SSSR count). The quantitative estimate of drug-likeness (QED) is 0.425. The second kappa shape index (κ2) is 10.4. The molecule has 0 aliphatic carbocycles. The van der Waals surface area contributed by atoms with Gasteiger partial charge in [0.25, 0.3) is 5.91 Å². The van der Waals surface area contributed by atoms with E-state index < -0.39 is 38.0 Å². The summed E-state index contributed by atoms with van der Waals surface area (Å²) in [5, 5.41) is 25.1. The van der Waals surface area contributed by atoms with E-state index in [4.69, 9.17) is 19.9 Å². The van der Waals surface area contributed by atoms with Crippen LogP contribution in [0.5, 0.6) is 11.5 Å². The van der Waals surface area contributed by atoms with Crippen LogP contribution in [0.4, 0.5) is 11.4 Å². The molecule has 0 saturated heterocycles. The van der Waals surface area contributed by atoms with Crippen LogP contribution in [0, 0.1) is 21.4 Å². The van der Waals surface area contributed by atoms with Crippen LogP contribution >= 0.6 is 0 Å². The van der Waals surface area contributed by atoms with Crippen LogP contribution in [0.3, 0.4) is 0 Å². The number of primary sulfonamides is 1. The fourth-order valence-corrected chi connectivity index (χ4v) is 3.14. The summed E-state index contributed by atoms with van der Waals surface area (Å²) in [4.78, 5) is 24.0. The molecule has 31 heavy (non-hydrogen) atoms. The van der Waals surface area contributed by atoms with Crippen molar-refractivity contribution < 1.29 is 27.6 Å². The molecule has 11 nitrogen and oxygen atoms in total. The number of nitrogens with zero attached hydrogens (tertiary/aromatic N) is 3. The highest BCUT2D eigenvalue weighted by Gasteiger charge is 2.22. The summed E-state index contributed by atoms with van der Waals surface area (Å²) in [5.41, 5.74) is -0.157. The van der Waals surface area contributed by atoms with Gasteiger partial charge >= 0.3 is 5.69 Å². The number of ether oxygens (including phenoxy) is 2. The Bertz CT molecular complexity index is 1100. The number of sulfonamides is 1. The number of nitriles is 1. The van der Waals surface area contributed by atoms with Gasteiger partial charge in [-0.2, -0.15) is 5.26 Å². The Morgan fingerprint density at radius 2 is 1.90 bits per heavy atom. The molecule has 2 N–H and O–H groups in total. The number of carbonyl (C=O) groups excluding carboxylic acids is 1. The van der Waals surface area contributed by atoms with Gasteiger partial charge in [0.1, 0.15) is 5.75 Å². The molecule has 164 valence electrons. The van der Waals surface area contributed by atoms with Crippen molar-refractivity contribution in [3.63, 3.8) is 0 Å². The van der Waals surface area contributed by atoms with E-state index in [1.807, 2.05) is 13.0 Å². The highest BCUT2D eigenvalue weighted by atomic mass is 32.2. The molecule has 0 saturated carbocycles. The fraction of sp³-hybridized carbons (Fsp3) is 0.263. The van der Waals surface area contributed by atoms with Crippen molar-refractivity contribution in [2.45, 2.75) is 18.2 Å². The Morgan fingerprint density at radius 3 is 2.45 bits per heavy atom. The standard InChI is InChI=1S/C19H20N4O7S/c1-2-29-15-6-4-14(5-7-15)22(11-3-10-20)19(24)13-30-18-9-8-16(31(21,27)28)12-17(18)23(25)26/h4-9,12H,2-3,11,13H2,1H3,(H2,21,27,28). The number of hydrogen-bond acceptors (Lipinski definition) is 8. The van der Waals surface area contributed by atoms with E-state index in [-0.39, 0.29) is 18.7 Å². The van der Waals surface area contributed by atoms with Gasteiger partial charge < -0.3 is 14.4 Å². The maximum Gasteiger partial charge on any atom is 0.312 e. The van der Waals surface area contributed by atoms with Crippen molar-refractivity contribution in [2.75, 3.05) is 24.7 Å². The number of hydrogen-bond donors (Lipinski definition) is 1. The van der Waals surface area contributed by atoms with Gasteiger partial charge in [-0.05, 0) is 43.3 Å². The normalized spacial score (nSPS) is 10.7. The number of nitro groups is 1. The third kappa shape index (κ3) is 6.39. The number of benzene rings is 2. The van der Waals surface area contributed by atoms with E-state index in [9.17, 15) is 23.3 Å². The topological polar surface area (TPSA) is 166 Å². The molecular formula is C19H20N4O7S. The lowest BCUT2D eigenvalue weighted by molar-refractivity contribution is -0.386. The smallest absolute Gasteiger partial charge is 0.312 e. The molecule has 0 bridgehead atoms. The van der Waals surface area contributed by atoms with Crippen LogP contribution in [0.2, 0.25) is 0 Å². The van der Waals surface area contributed by atoms with E-state index in [0.29, 0.717) is 18.0 Å². The number of carbonyl (C=O) groups is 1. The lowest BCUT2D eigenvalue weighted by Gasteiger charge is -2.22. The van der Waals surface area contributed by atoms with Gasteiger partial charge in [-0.3, -0.25) is 14.9 Å². The van der Waals surface area contributed by atoms with E-state index >= 15 is 0 Å². The van der Waals surface area contributed by atoms with Crippen molar-refractivity contribution in [1.29, 1.82) is 5.26 Å². The van der Waals surface area contributed by atoms with Gasteiger partial charge in [0.05, 0.1) is 28.9 Å². The number of nitro benzene ring substituents is 1. The second-order valence-electron chi connectivity index (χ2n) is 6.10. The average Bonchev–Trinajstić information content (AvgIpc) is 2.73. The summed E-state index contributed by atoms with van der Waals surface area (Å²) in [6, 6.07) is 11.4. The predicted molar refractivity (Wildman–Crippen MR) is 110 cm³/mol. The largest absolute Gasteiger partial charge is 0.494 e. The summed E-state index contributed by atoms with van der Waals surface area (Å²) in [7, 11) is -4.15. The molecular weight excluding hydrogens is 428 g/mol. The van der Waals surface area contributed by atoms with Crippen molar-refractivity contribution in [3.05, 3.63) is 52.6 Å². The van der Waals surface area contributed by atoms with Crippen LogP contribution in [-0.4, -0.2) is 39.0 Å². The maximum atomic E-state index is 12.7. The molecule has 0 fully saturated rings. The van der Waals surface area contributed by atoms with Crippen LogP contribution in [0.15, 0.2) is 47.4 Å². The summed E-state index contributed by atoms with van der Waals surface area (Å²) in [6.07, 6.45) is 0.0577. The number of nitrogens with two attached hydrogens (primary N) is 1. The molecule has 0 aromatic heterocycles. The first-order chi connectivity index (χ1) is 14.7. The first-order valence-electron chi connectivity index (χ1n) is 9.01. The number of rotatable bonds is 10. The zero-order valence-corrected chi connectivity index (χ0v) is 17.4. The zero-order chi connectivity index (χ0) is 23.0. The van der Waals surface area contributed by atoms with Crippen molar-refractivity contribution in [2.24, 2.45) is 5.14 Å². The van der Waals surface area contributed by atoms with Crippen molar-refractivity contribution in [3.8, 4) is 17.6 Å². The molecule has 0 aliphatic rings. The minimum Gasteiger partial charge on any atom is -0.494 e. The maximum absolute atomic E-state index is 12.7. The van der Waals surface area contributed by atoms with Gasteiger partial charge in [-0.25, -0.2) is 13.6 Å². The zero-order valence-electron chi connectivity index (χ0n) is 16.6. The van der Waals surface area contributed by atoms with E-state index in [0.717, 1.165) is 18.2 Å². The Hall–Kier alpha value is -3.69. The van der Waals surface area contributed by atoms with E-state index in [2.05, 4.69) is 0 Å². The van der Waals surface area contributed by atoms with Crippen molar-refractivity contribution >= 4 is 27.3 Å². The predicted octanol–water partition coefficient (Wildman–Crippen LogP) is 1.97. The van der Waals surface area contributed by atoms with Gasteiger partial charge in [0, 0.05) is 18.3 Å². The van der Waals surface area contributed by atoms with Crippen LogP contribution < -0.4 is 19.5 Å². The molecule has 2 aromatic carbocycles. The Labute approximate surface area is 178 Å². The molecule has 0 unspecified atom stereocenters. The highest BCUT2D eigenvalue weighted by Crippen LogP contribution is 2.29. The SMILES string of the molecule is CCOc1ccc(N(CCC#N)C(=O)COc2ccc(S(N)(=O)=O)cc2[N+](=O)[O-])cc1. The molecule has 0 spiro atoms. The summed E-state index contributed by atoms with van der Waals surface area (Å²) >= 11 is 0. The highest BCUT2D eigenvalue weighted by molar-refractivity contribution is 7.89. The van der Waals surface area contributed by atoms with Gasteiger partial charge in [-0.1, -0.05) is 0 Å². The van der Waals surface area contributed by atoms with Crippen LogP contribution in [0.25, 0.3) is 0 Å². The van der Waals surface area contributed by atoms with E-state index in [1.54, 1.807) is 24.3 Å². The van der Waals surface area contributed by atoms with Crippen LogP contribution in [-0.2, 0) is 14.8 Å². The first kappa shape index (κ1) is 23.6. The summed E-state index contributed by atoms with van der Waals surface area (Å²) in [6.45, 7) is 1.82. The Kier molecular flexibility index (Phi) is 7.89. The van der Waals surface area contributed by atoms with Crippen LogP contribution in [0.1, 0.15) is 13.3 Å². The second-order valence-corrected chi connectivity index (χ2v) is 7.66. The third-order valence-corrected chi connectivity index (χ3v) is 4.93. The Morgan fingerprint density at radius 1 is 1.23 bits per heavy atom. The monoisotopic (exact) mass is 448 g/mol. The summed E-state index contributed by atoms with van der Waals surface area (Å²) in [5.74, 6) is -0.234. The summed E-state index contributed by atoms with van der Waals surface area (Å²) < 4.78 is 33.5. The minimum absolute atomic E-state index is 0.0577. The third-order valence-electron chi connectivity index (χ3n) is 4.01. The number of anilines is 1. The van der Waals surface area contributed by atoms with Gasteiger partial charge in [0.15, 0.2) is 12.4 Å². The van der Waals surface area contributed by atoms with Gasteiger partial charge in [0.2, 0.25) is 10.0 Å². The van der Waals surface area contributed by atoms with Crippen molar-refractivity contribution in [1.82, 2.24) is 0 Å². The molecule has 0 atom stereocenters. The molecule has 12 heteroatoms. The molecule has 0 aliphatic heterocycles. The number of amides is 1. The lowest BCUT2D eigenvalue weighted by atomic mass is 10.2. The average molecular weight is 448 g/mol. The minimum atomic E-state index is -4.15.